The van der Waals surface area contributed by atoms with Crippen molar-refractivity contribution in [3.63, 3.8) is 0 Å². The van der Waals surface area contributed by atoms with Crippen molar-refractivity contribution in [2.45, 2.75) is 13.8 Å². The van der Waals surface area contributed by atoms with E-state index < -0.39 is 12.6 Å². The number of carboxylic acid groups (broad SMARTS) is 1. The van der Waals surface area contributed by atoms with Crippen molar-refractivity contribution in [2.24, 2.45) is 4.99 Å². The minimum Gasteiger partial charge on any atom is -0.480 e. The number of hydrogen-bond acceptors (Lipinski definition) is 5. The van der Waals surface area contributed by atoms with Crippen molar-refractivity contribution < 1.29 is 19.4 Å². The number of carbonyl (C=O) groups is 2. The molecule has 0 radical (unpaired) electrons. The van der Waals surface area contributed by atoms with Gasteiger partial charge in [0.1, 0.15) is 5.75 Å². The molecule has 37 heavy (non-hydrogen) atoms. The average molecular weight is 685 g/mol. The number of aliphatic imine (C=N–C) groups is 1. The van der Waals surface area contributed by atoms with Crippen LogP contribution in [0.3, 0.4) is 0 Å². The summed E-state index contributed by atoms with van der Waals surface area (Å²) in [6.07, 6.45) is 1.73. The fraction of sp³-hybridized carbons (Fsp3) is 0.115. The van der Waals surface area contributed by atoms with Gasteiger partial charge in [0.25, 0.3) is 5.91 Å². The summed E-state index contributed by atoms with van der Waals surface area (Å²) in [5.74, 6) is -0.999. The molecule has 0 aromatic heterocycles. The number of amidine groups is 1. The molecule has 0 saturated carbocycles. The van der Waals surface area contributed by atoms with Gasteiger partial charge in [-0.1, -0.05) is 35.3 Å². The lowest BCUT2D eigenvalue weighted by molar-refractivity contribution is -0.139. The molecule has 190 valence electrons. The van der Waals surface area contributed by atoms with Gasteiger partial charge in [0.2, 0.25) is 0 Å². The van der Waals surface area contributed by atoms with Crippen molar-refractivity contribution in [1.82, 2.24) is 0 Å². The minimum atomic E-state index is -1.09. The minimum absolute atomic E-state index is 0.264. The lowest BCUT2D eigenvalue weighted by Gasteiger charge is -2.16. The summed E-state index contributed by atoms with van der Waals surface area (Å²) in [7, 11) is 0. The van der Waals surface area contributed by atoms with Gasteiger partial charge in [-0.3, -0.25) is 9.69 Å². The van der Waals surface area contributed by atoms with Crippen LogP contribution in [-0.2, 0) is 9.59 Å². The van der Waals surface area contributed by atoms with Crippen LogP contribution in [0.5, 0.6) is 5.75 Å². The predicted molar refractivity (Wildman–Crippen MR) is 157 cm³/mol. The molecule has 1 N–H and O–H groups in total. The molecule has 1 amide bonds. The Bertz CT molecular complexity index is 1470. The molecule has 0 bridgehead atoms. The Balaban J connectivity index is 1.76. The molecule has 0 aliphatic carbocycles. The first-order chi connectivity index (χ1) is 17.5. The summed E-state index contributed by atoms with van der Waals surface area (Å²) in [5, 5.41) is 10.5. The Hall–Kier alpha value is -2.30. The molecular formula is C26H18Br2Cl2N2O4S. The van der Waals surface area contributed by atoms with Crippen molar-refractivity contribution in [2.75, 3.05) is 11.5 Å². The lowest BCUT2D eigenvalue weighted by Crippen LogP contribution is -2.28. The fourth-order valence-electron chi connectivity index (χ4n) is 3.35. The molecule has 4 rings (SSSR count). The summed E-state index contributed by atoms with van der Waals surface area (Å²) in [6.45, 7) is 3.31. The van der Waals surface area contributed by atoms with Gasteiger partial charge in [0.15, 0.2) is 11.8 Å². The van der Waals surface area contributed by atoms with Crippen molar-refractivity contribution >= 4 is 101 Å². The highest BCUT2D eigenvalue weighted by molar-refractivity contribution is 9.11. The van der Waals surface area contributed by atoms with Crippen LogP contribution < -0.4 is 9.64 Å². The van der Waals surface area contributed by atoms with Crippen LogP contribution in [0, 0.1) is 13.8 Å². The molecule has 1 aliphatic heterocycles. The summed E-state index contributed by atoms with van der Waals surface area (Å²) in [6, 6.07) is 14.3. The monoisotopic (exact) mass is 682 g/mol. The maximum Gasteiger partial charge on any atom is 0.341 e. The number of ether oxygens (including phenoxy) is 1. The molecule has 1 aliphatic rings. The third kappa shape index (κ3) is 6.41. The van der Waals surface area contributed by atoms with E-state index in [1.165, 1.54) is 16.7 Å². The zero-order valence-electron chi connectivity index (χ0n) is 19.4. The van der Waals surface area contributed by atoms with E-state index in [1.807, 2.05) is 38.1 Å². The second-order valence-electron chi connectivity index (χ2n) is 8.01. The number of thioether (sulfide) groups is 1. The molecule has 11 heteroatoms. The highest BCUT2D eigenvalue weighted by atomic mass is 79.9. The van der Waals surface area contributed by atoms with Crippen LogP contribution in [0.2, 0.25) is 10.0 Å². The Morgan fingerprint density at radius 3 is 2.27 bits per heavy atom. The topological polar surface area (TPSA) is 79.2 Å². The van der Waals surface area contributed by atoms with Crippen LogP contribution in [-0.4, -0.2) is 28.8 Å². The Kier molecular flexibility index (Phi) is 8.70. The molecule has 3 aromatic carbocycles. The third-order valence-corrected chi connectivity index (χ3v) is 8.22. The van der Waals surface area contributed by atoms with Gasteiger partial charge in [0.05, 0.1) is 25.2 Å². The summed E-state index contributed by atoms with van der Waals surface area (Å²) in [5.41, 5.74) is 3.72. The number of carbonyl (C=O) groups excluding carboxylic acids is 1. The molecular weight excluding hydrogens is 667 g/mol. The van der Waals surface area contributed by atoms with Crippen molar-refractivity contribution in [3.05, 3.63) is 89.1 Å². The predicted octanol–water partition coefficient (Wildman–Crippen LogP) is 8.41. The lowest BCUT2D eigenvalue weighted by atomic mass is 10.2. The zero-order chi connectivity index (χ0) is 26.9. The van der Waals surface area contributed by atoms with E-state index in [9.17, 15) is 9.59 Å². The van der Waals surface area contributed by atoms with Crippen LogP contribution in [0.1, 0.15) is 16.7 Å². The van der Waals surface area contributed by atoms with Gasteiger partial charge in [-0.15, -0.1) is 0 Å². The van der Waals surface area contributed by atoms with E-state index in [-0.39, 0.29) is 5.91 Å². The Labute approximate surface area is 244 Å². The van der Waals surface area contributed by atoms with E-state index >= 15 is 0 Å². The molecule has 1 heterocycles. The van der Waals surface area contributed by atoms with Gasteiger partial charge in [-0.05, 0) is 117 Å². The average Bonchev–Trinajstić information content (AvgIpc) is 3.11. The first kappa shape index (κ1) is 27.7. The Morgan fingerprint density at radius 1 is 1.05 bits per heavy atom. The van der Waals surface area contributed by atoms with E-state index in [0.717, 1.165) is 11.1 Å². The number of carboxylic acids is 1. The molecule has 6 nitrogen and oxygen atoms in total. The standard InChI is InChI=1S/C26H18Br2Cl2N2O4S/c1-13-3-5-16(10-20(13)29)31-26-32(17-6-4-14(2)21(30)11-17)25(35)22(37-26)9-15-7-18(27)24(19(28)8-15)36-12-23(33)34/h3-11H,12H2,1-2H3,(H,33,34)/b22-9+,31-26?. The second-order valence-corrected chi connectivity index (χ2v) is 11.5. The smallest absolute Gasteiger partial charge is 0.341 e. The maximum absolute atomic E-state index is 13.6. The third-order valence-electron chi connectivity index (χ3n) is 5.26. The zero-order valence-corrected chi connectivity index (χ0v) is 24.9. The van der Waals surface area contributed by atoms with Gasteiger partial charge in [-0.25, -0.2) is 9.79 Å². The number of benzene rings is 3. The van der Waals surface area contributed by atoms with Gasteiger partial charge in [0, 0.05) is 10.0 Å². The van der Waals surface area contributed by atoms with Crippen molar-refractivity contribution in [1.29, 1.82) is 0 Å². The second kappa shape index (κ2) is 11.6. The highest BCUT2D eigenvalue weighted by Gasteiger charge is 2.35. The van der Waals surface area contributed by atoms with E-state index in [4.69, 9.17) is 38.0 Å². The normalized spacial score (nSPS) is 15.6. The maximum atomic E-state index is 13.6. The number of nitrogens with zero attached hydrogens (tertiary/aromatic N) is 2. The number of halogens is 4. The molecule has 0 atom stereocenters. The molecule has 3 aromatic rings. The molecule has 1 saturated heterocycles. The first-order valence-electron chi connectivity index (χ1n) is 10.7. The van der Waals surface area contributed by atoms with Crippen LogP contribution in [0.25, 0.3) is 6.08 Å². The summed E-state index contributed by atoms with van der Waals surface area (Å²) >= 11 is 20.7. The van der Waals surface area contributed by atoms with E-state index in [0.29, 0.717) is 51.8 Å². The molecule has 0 spiro atoms. The fourth-order valence-corrected chi connectivity index (χ4v) is 6.15. The van der Waals surface area contributed by atoms with Crippen LogP contribution >= 0.6 is 66.8 Å². The summed E-state index contributed by atoms with van der Waals surface area (Å²) < 4.78 is 6.41. The number of amides is 1. The number of hydrogen-bond donors (Lipinski definition) is 1. The van der Waals surface area contributed by atoms with E-state index in [1.54, 1.807) is 30.3 Å². The van der Waals surface area contributed by atoms with Crippen LogP contribution in [0.15, 0.2) is 67.4 Å². The first-order valence-corrected chi connectivity index (χ1v) is 13.9. The number of aliphatic carboxylic acids is 1. The number of aryl methyl sites for hydroxylation is 2. The number of anilines is 1. The van der Waals surface area contributed by atoms with E-state index in [2.05, 4.69) is 31.9 Å². The molecule has 0 unspecified atom stereocenters. The quantitative estimate of drug-likeness (QED) is 0.264. The SMILES string of the molecule is Cc1ccc(N=C2S/C(=C/c3cc(Br)c(OCC(=O)O)c(Br)c3)C(=O)N2c2ccc(C)c(Cl)c2)cc1Cl. The van der Waals surface area contributed by atoms with Gasteiger partial charge in [-0.2, -0.15) is 0 Å². The molecule has 1 fully saturated rings. The van der Waals surface area contributed by atoms with Gasteiger partial charge >= 0.3 is 5.97 Å². The largest absolute Gasteiger partial charge is 0.480 e. The van der Waals surface area contributed by atoms with Crippen LogP contribution in [0.4, 0.5) is 11.4 Å². The highest BCUT2D eigenvalue weighted by Crippen LogP contribution is 2.40. The van der Waals surface area contributed by atoms with Crippen molar-refractivity contribution in [3.8, 4) is 5.75 Å². The Morgan fingerprint density at radius 2 is 1.68 bits per heavy atom. The summed E-state index contributed by atoms with van der Waals surface area (Å²) in [4.78, 5) is 31.2. The van der Waals surface area contributed by atoms with Gasteiger partial charge < -0.3 is 9.84 Å². The number of rotatable bonds is 6.